The highest BCUT2D eigenvalue weighted by atomic mass is 32.2. The van der Waals surface area contributed by atoms with Gasteiger partial charge in [0.2, 0.25) is 5.91 Å². The highest BCUT2D eigenvalue weighted by Gasteiger charge is 2.51. The van der Waals surface area contributed by atoms with Crippen LogP contribution in [-0.2, 0) is 4.79 Å². The molecule has 0 radical (unpaired) electrons. The van der Waals surface area contributed by atoms with Crippen LogP contribution in [0.25, 0.3) is 0 Å². The summed E-state index contributed by atoms with van der Waals surface area (Å²) in [6, 6.07) is 6.47. The van der Waals surface area contributed by atoms with Gasteiger partial charge in [-0.15, -0.1) is 11.8 Å². The minimum atomic E-state index is 0.148. The first-order valence-electron chi connectivity index (χ1n) is 9.02. The minimum absolute atomic E-state index is 0.148. The minimum Gasteiger partial charge on any atom is -0.350 e. The summed E-state index contributed by atoms with van der Waals surface area (Å²) < 4.78 is 0. The molecule has 2 nitrogen and oxygen atoms in total. The largest absolute Gasteiger partial charge is 0.350 e. The van der Waals surface area contributed by atoms with Crippen molar-refractivity contribution in [1.82, 2.24) is 5.32 Å². The summed E-state index contributed by atoms with van der Waals surface area (Å²) in [6.07, 6.45) is 7.97. The van der Waals surface area contributed by atoms with Crippen LogP contribution in [-0.4, -0.2) is 17.2 Å². The molecule has 3 heteroatoms. The van der Waals surface area contributed by atoms with E-state index in [0.29, 0.717) is 5.75 Å². The van der Waals surface area contributed by atoms with Crippen molar-refractivity contribution < 1.29 is 4.79 Å². The molecule has 1 aromatic carbocycles. The number of hydrogen-bond donors (Lipinski definition) is 1. The first-order valence-corrected chi connectivity index (χ1v) is 10.0. The van der Waals surface area contributed by atoms with Crippen molar-refractivity contribution in [2.24, 2.45) is 17.8 Å². The number of carbonyl (C=O) groups is 1. The molecule has 1 aromatic rings. The van der Waals surface area contributed by atoms with E-state index in [-0.39, 0.29) is 11.4 Å². The lowest BCUT2D eigenvalue weighted by Gasteiger charge is -2.56. The van der Waals surface area contributed by atoms with E-state index in [1.165, 1.54) is 54.5 Å². The Kier molecular flexibility index (Phi) is 3.95. The molecule has 124 valence electrons. The lowest BCUT2D eigenvalue weighted by atomic mass is 9.53. The fourth-order valence-electron chi connectivity index (χ4n) is 5.70. The Morgan fingerprint density at radius 3 is 2.30 bits per heavy atom. The quantitative estimate of drug-likeness (QED) is 0.825. The SMILES string of the molecule is Cc1ccc(SCC(=O)NC23CC4CC(CC(C4)C2)C3)c(C)c1. The zero-order chi connectivity index (χ0) is 16.0. The van der Waals surface area contributed by atoms with Crippen molar-refractivity contribution in [1.29, 1.82) is 0 Å². The van der Waals surface area contributed by atoms with Gasteiger partial charge in [0.05, 0.1) is 5.75 Å². The smallest absolute Gasteiger partial charge is 0.230 e. The Morgan fingerprint density at radius 2 is 1.74 bits per heavy atom. The van der Waals surface area contributed by atoms with Crippen LogP contribution in [0.3, 0.4) is 0 Å². The number of rotatable bonds is 4. The van der Waals surface area contributed by atoms with Gasteiger partial charge in [-0.25, -0.2) is 0 Å². The number of amides is 1. The van der Waals surface area contributed by atoms with E-state index in [4.69, 9.17) is 0 Å². The number of benzene rings is 1. The maximum Gasteiger partial charge on any atom is 0.230 e. The van der Waals surface area contributed by atoms with Gasteiger partial charge in [-0.3, -0.25) is 4.79 Å². The van der Waals surface area contributed by atoms with Crippen LogP contribution in [0.1, 0.15) is 49.7 Å². The lowest BCUT2D eigenvalue weighted by molar-refractivity contribution is -0.124. The van der Waals surface area contributed by atoms with Gasteiger partial charge in [0.15, 0.2) is 0 Å². The van der Waals surface area contributed by atoms with Crippen LogP contribution >= 0.6 is 11.8 Å². The maximum atomic E-state index is 12.5. The third-order valence-electron chi connectivity index (χ3n) is 6.13. The first-order chi connectivity index (χ1) is 11.0. The van der Waals surface area contributed by atoms with Gasteiger partial charge >= 0.3 is 0 Å². The summed E-state index contributed by atoms with van der Waals surface area (Å²) in [7, 11) is 0. The monoisotopic (exact) mass is 329 g/mol. The van der Waals surface area contributed by atoms with Crippen molar-refractivity contribution in [3.8, 4) is 0 Å². The van der Waals surface area contributed by atoms with E-state index in [9.17, 15) is 4.79 Å². The molecule has 4 saturated carbocycles. The number of thioether (sulfide) groups is 1. The first kappa shape index (κ1) is 15.6. The van der Waals surface area contributed by atoms with Gasteiger partial charge in [0.25, 0.3) is 0 Å². The predicted octanol–water partition coefficient (Wildman–Crippen LogP) is 4.48. The van der Waals surface area contributed by atoms with E-state index >= 15 is 0 Å². The molecule has 4 aliphatic rings. The summed E-state index contributed by atoms with van der Waals surface area (Å²) >= 11 is 1.68. The van der Waals surface area contributed by atoms with Crippen molar-refractivity contribution >= 4 is 17.7 Å². The summed E-state index contributed by atoms with van der Waals surface area (Å²) in [5, 5.41) is 3.47. The molecule has 5 rings (SSSR count). The van der Waals surface area contributed by atoms with Crippen LogP contribution in [0.4, 0.5) is 0 Å². The molecule has 0 atom stereocenters. The summed E-state index contributed by atoms with van der Waals surface area (Å²) in [6.45, 7) is 4.24. The molecule has 0 heterocycles. The predicted molar refractivity (Wildman–Crippen MR) is 95.7 cm³/mol. The topological polar surface area (TPSA) is 29.1 Å². The molecule has 4 aliphatic carbocycles. The fourth-order valence-corrected chi connectivity index (χ4v) is 6.51. The highest BCUT2D eigenvalue weighted by molar-refractivity contribution is 8.00. The Balaban J connectivity index is 1.37. The standard InChI is InChI=1S/C20H27NOS/c1-13-3-4-18(14(2)5-13)23-12-19(22)21-20-9-15-6-16(10-20)8-17(7-15)11-20/h3-5,15-17H,6-12H2,1-2H3,(H,21,22). The zero-order valence-electron chi connectivity index (χ0n) is 14.2. The van der Waals surface area contributed by atoms with E-state index in [1.807, 2.05) is 0 Å². The van der Waals surface area contributed by atoms with Crippen LogP contribution in [0.2, 0.25) is 0 Å². The molecule has 1 amide bonds. The second kappa shape index (κ2) is 5.84. The Bertz CT molecular complexity index is 589. The molecule has 23 heavy (non-hydrogen) atoms. The van der Waals surface area contributed by atoms with Gasteiger partial charge in [0, 0.05) is 10.4 Å². The number of nitrogens with one attached hydrogen (secondary N) is 1. The number of aryl methyl sites for hydroxylation is 2. The van der Waals surface area contributed by atoms with Gasteiger partial charge in [-0.1, -0.05) is 17.7 Å². The van der Waals surface area contributed by atoms with E-state index in [2.05, 4.69) is 37.4 Å². The van der Waals surface area contributed by atoms with Gasteiger partial charge < -0.3 is 5.32 Å². The Morgan fingerprint density at radius 1 is 1.13 bits per heavy atom. The second-order valence-electron chi connectivity index (χ2n) is 8.30. The molecule has 0 unspecified atom stereocenters. The normalized spacial score (nSPS) is 34.6. The zero-order valence-corrected chi connectivity index (χ0v) is 15.0. The molecule has 0 aromatic heterocycles. The summed E-state index contributed by atoms with van der Waals surface area (Å²) in [5.41, 5.74) is 2.71. The fraction of sp³-hybridized carbons (Fsp3) is 0.650. The van der Waals surface area contributed by atoms with Crippen molar-refractivity contribution in [3.63, 3.8) is 0 Å². The van der Waals surface area contributed by atoms with Crippen LogP contribution in [0.15, 0.2) is 23.1 Å². The van der Waals surface area contributed by atoms with Crippen LogP contribution in [0.5, 0.6) is 0 Å². The molecular formula is C20H27NOS. The van der Waals surface area contributed by atoms with Gasteiger partial charge in [-0.05, 0) is 81.8 Å². The molecule has 4 fully saturated rings. The van der Waals surface area contributed by atoms with E-state index in [0.717, 1.165) is 17.8 Å². The van der Waals surface area contributed by atoms with Gasteiger partial charge in [-0.2, -0.15) is 0 Å². The number of hydrogen-bond acceptors (Lipinski definition) is 2. The average molecular weight is 330 g/mol. The Labute approximate surface area is 143 Å². The summed E-state index contributed by atoms with van der Waals surface area (Å²) in [4.78, 5) is 13.8. The van der Waals surface area contributed by atoms with Crippen molar-refractivity contribution in [2.45, 2.75) is 62.8 Å². The molecule has 1 N–H and O–H groups in total. The van der Waals surface area contributed by atoms with E-state index in [1.54, 1.807) is 11.8 Å². The molecule has 0 spiro atoms. The average Bonchev–Trinajstić information content (AvgIpc) is 2.44. The van der Waals surface area contributed by atoms with Crippen molar-refractivity contribution in [2.75, 3.05) is 5.75 Å². The number of carbonyl (C=O) groups excluding carboxylic acids is 1. The van der Waals surface area contributed by atoms with E-state index < -0.39 is 0 Å². The van der Waals surface area contributed by atoms with Gasteiger partial charge in [0.1, 0.15) is 0 Å². The molecule has 0 saturated heterocycles. The third kappa shape index (κ3) is 3.17. The van der Waals surface area contributed by atoms with Crippen molar-refractivity contribution in [3.05, 3.63) is 29.3 Å². The van der Waals surface area contributed by atoms with Crippen LogP contribution in [0, 0.1) is 31.6 Å². The second-order valence-corrected chi connectivity index (χ2v) is 9.32. The molecule has 4 bridgehead atoms. The highest BCUT2D eigenvalue weighted by Crippen LogP contribution is 2.55. The maximum absolute atomic E-state index is 12.5. The van der Waals surface area contributed by atoms with Crippen LogP contribution < -0.4 is 5.32 Å². The summed E-state index contributed by atoms with van der Waals surface area (Å²) in [5.74, 6) is 3.43. The molecule has 0 aliphatic heterocycles. The Hall–Kier alpha value is -0.960. The lowest BCUT2D eigenvalue weighted by Crippen LogP contribution is -2.60. The molecular weight excluding hydrogens is 302 g/mol. The third-order valence-corrected chi connectivity index (χ3v) is 7.31.